The number of carbonyl (C=O) groups excluding carboxylic acids is 1. The minimum absolute atomic E-state index is 0.265. The molecule has 2 heterocycles. The van der Waals surface area contributed by atoms with Crippen LogP contribution >= 0.6 is 0 Å². The van der Waals surface area contributed by atoms with Crippen LogP contribution in [0.4, 0.5) is 4.79 Å². The highest BCUT2D eigenvalue weighted by Gasteiger charge is 2.40. The van der Waals surface area contributed by atoms with E-state index in [4.69, 9.17) is 0 Å². The molecule has 0 radical (unpaired) electrons. The summed E-state index contributed by atoms with van der Waals surface area (Å²) in [5, 5.41) is 0. The van der Waals surface area contributed by atoms with Crippen LogP contribution in [0.15, 0.2) is 0 Å². The van der Waals surface area contributed by atoms with E-state index in [1.54, 1.807) is 0 Å². The van der Waals surface area contributed by atoms with Crippen LogP contribution in [0.25, 0.3) is 0 Å². The molecule has 2 saturated heterocycles. The van der Waals surface area contributed by atoms with E-state index >= 15 is 0 Å². The quantitative estimate of drug-likeness (QED) is 0.780. The Labute approximate surface area is 130 Å². The van der Waals surface area contributed by atoms with Crippen molar-refractivity contribution in [2.45, 2.75) is 59.5 Å². The van der Waals surface area contributed by atoms with Crippen molar-refractivity contribution < 1.29 is 4.79 Å². The van der Waals surface area contributed by atoms with Gasteiger partial charge in [-0.3, -0.25) is 0 Å². The van der Waals surface area contributed by atoms with Gasteiger partial charge in [0.05, 0.1) is 6.04 Å². The molecule has 4 heteroatoms. The Kier molecular flexibility index (Phi) is 5.53. The molecular formula is C17H33N3O. The molecule has 0 saturated carbocycles. The fourth-order valence-corrected chi connectivity index (χ4v) is 3.78. The van der Waals surface area contributed by atoms with E-state index in [1.165, 1.54) is 25.9 Å². The fourth-order valence-electron chi connectivity index (χ4n) is 3.78. The van der Waals surface area contributed by atoms with Crippen molar-refractivity contribution in [3.05, 3.63) is 0 Å². The van der Waals surface area contributed by atoms with Crippen LogP contribution in [-0.4, -0.2) is 65.5 Å². The molecule has 0 aromatic rings. The molecule has 0 spiro atoms. The summed E-state index contributed by atoms with van der Waals surface area (Å²) in [6, 6.07) is 0.951. The molecule has 1 unspecified atom stereocenters. The third-order valence-electron chi connectivity index (χ3n) is 5.21. The second-order valence-corrected chi connectivity index (χ2v) is 7.38. The average molecular weight is 295 g/mol. The number of nitrogens with zero attached hydrogens (tertiary/aromatic N) is 3. The number of piperidine rings is 1. The van der Waals surface area contributed by atoms with Gasteiger partial charge < -0.3 is 14.7 Å². The van der Waals surface area contributed by atoms with E-state index in [0.717, 1.165) is 19.6 Å². The number of hydrogen-bond acceptors (Lipinski definition) is 2. The van der Waals surface area contributed by atoms with Crippen molar-refractivity contribution in [1.82, 2.24) is 14.7 Å². The molecule has 4 nitrogen and oxygen atoms in total. The molecule has 0 bridgehead atoms. The molecule has 2 rings (SSSR count). The lowest BCUT2D eigenvalue weighted by Crippen LogP contribution is -2.43. The molecule has 2 aliphatic heterocycles. The van der Waals surface area contributed by atoms with Gasteiger partial charge in [0.1, 0.15) is 0 Å². The van der Waals surface area contributed by atoms with Gasteiger partial charge >= 0.3 is 6.03 Å². The molecule has 0 N–H and O–H groups in total. The zero-order valence-electron chi connectivity index (χ0n) is 14.5. The van der Waals surface area contributed by atoms with Gasteiger partial charge in [0.2, 0.25) is 0 Å². The van der Waals surface area contributed by atoms with Crippen molar-refractivity contribution in [2.75, 3.05) is 32.7 Å². The Morgan fingerprint density at radius 1 is 1.14 bits per heavy atom. The predicted molar refractivity (Wildman–Crippen MR) is 87.4 cm³/mol. The van der Waals surface area contributed by atoms with Gasteiger partial charge in [-0.2, -0.15) is 0 Å². The average Bonchev–Trinajstić information content (AvgIpc) is 2.77. The van der Waals surface area contributed by atoms with Crippen molar-refractivity contribution in [3.63, 3.8) is 0 Å². The summed E-state index contributed by atoms with van der Waals surface area (Å²) in [6.45, 7) is 16.4. The zero-order chi connectivity index (χ0) is 15.6. The van der Waals surface area contributed by atoms with E-state index in [2.05, 4.69) is 49.3 Å². The van der Waals surface area contributed by atoms with Crippen molar-refractivity contribution >= 4 is 6.03 Å². The van der Waals surface area contributed by atoms with Crippen LogP contribution in [0.3, 0.4) is 0 Å². The van der Waals surface area contributed by atoms with Crippen molar-refractivity contribution in [2.24, 2.45) is 11.8 Å². The third-order valence-corrected chi connectivity index (χ3v) is 5.21. The Balaban J connectivity index is 1.94. The minimum atomic E-state index is 0.265. The molecule has 0 aliphatic carbocycles. The highest BCUT2D eigenvalue weighted by atomic mass is 16.2. The maximum absolute atomic E-state index is 12.7. The van der Waals surface area contributed by atoms with Gasteiger partial charge in [-0.15, -0.1) is 0 Å². The first-order chi connectivity index (χ1) is 9.93. The zero-order valence-corrected chi connectivity index (χ0v) is 14.5. The lowest BCUT2D eigenvalue weighted by atomic mass is 9.96. The third kappa shape index (κ3) is 3.71. The van der Waals surface area contributed by atoms with Gasteiger partial charge in [-0.25, -0.2) is 4.79 Å². The monoisotopic (exact) mass is 295 g/mol. The lowest BCUT2D eigenvalue weighted by Gasteiger charge is -2.33. The molecule has 1 atom stereocenters. The molecule has 2 aliphatic rings. The minimum Gasteiger partial charge on any atom is -0.322 e. The first-order valence-electron chi connectivity index (χ1n) is 8.73. The van der Waals surface area contributed by atoms with Crippen LogP contribution < -0.4 is 0 Å². The predicted octanol–water partition coefficient (Wildman–Crippen LogP) is 2.89. The first-order valence-corrected chi connectivity index (χ1v) is 8.73. The Morgan fingerprint density at radius 3 is 2.19 bits per heavy atom. The van der Waals surface area contributed by atoms with Crippen LogP contribution in [0.2, 0.25) is 0 Å². The summed E-state index contributed by atoms with van der Waals surface area (Å²) in [5.74, 6) is 1.22. The lowest BCUT2D eigenvalue weighted by molar-refractivity contribution is 0.148. The number of likely N-dealkylation sites (tertiary alicyclic amines) is 1. The van der Waals surface area contributed by atoms with Crippen molar-refractivity contribution in [3.8, 4) is 0 Å². The second-order valence-electron chi connectivity index (χ2n) is 7.38. The smallest absolute Gasteiger partial charge is 0.320 e. The molecule has 0 aromatic carbocycles. The SMILES string of the molecule is CCN1CCC(CN2CC(C(C)C)N(C(C)C)C2=O)CC1. The number of carbonyl (C=O) groups is 1. The highest BCUT2D eigenvalue weighted by molar-refractivity contribution is 5.77. The van der Waals surface area contributed by atoms with Gasteiger partial charge in [-0.1, -0.05) is 20.8 Å². The van der Waals surface area contributed by atoms with E-state index in [9.17, 15) is 4.79 Å². The standard InChI is InChI=1S/C17H33N3O/c1-6-18-9-7-15(8-10-18)11-19-12-16(13(2)3)20(14(4)5)17(19)21/h13-16H,6-12H2,1-5H3. The van der Waals surface area contributed by atoms with Crippen LogP contribution in [-0.2, 0) is 0 Å². The number of rotatable bonds is 5. The summed E-state index contributed by atoms with van der Waals surface area (Å²) in [4.78, 5) is 19.4. The normalized spacial score (nSPS) is 25.7. The summed E-state index contributed by atoms with van der Waals surface area (Å²) in [7, 11) is 0. The topological polar surface area (TPSA) is 26.8 Å². The van der Waals surface area contributed by atoms with E-state index in [1.807, 2.05) is 0 Å². The number of hydrogen-bond donors (Lipinski definition) is 0. The maximum Gasteiger partial charge on any atom is 0.320 e. The van der Waals surface area contributed by atoms with Gasteiger partial charge in [-0.05, 0) is 58.2 Å². The second kappa shape index (κ2) is 6.99. The van der Waals surface area contributed by atoms with Crippen molar-refractivity contribution in [1.29, 1.82) is 0 Å². The Bertz CT molecular complexity index is 348. The van der Waals surface area contributed by atoms with E-state index < -0.39 is 0 Å². The first kappa shape index (κ1) is 16.6. The number of amides is 2. The van der Waals surface area contributed by atoms with Gasteiger partial charge in [0.15, 0.2) is 0 Å². The van der Waals surface area contributed by atoms with Crippen LogP contribution in [0.1, 0.15) is 47.5 Å². The summed E-state index contributed by atoms with van der Waals surface area (Å²) in [5.41, 5.74) is 0. The largest absolute Gasteiger partial charge is 0.322 e. The molecule has 2 fully saturated rings. The van der Waals surface area contributed by atoms with Crippen LogP contribution in [0.5, 0.6) is 0 Å². The summed E-state index contributed by atoms with van der Waals surface area (Å²) < 4.78 is 0. The summed E-state index contributed by atoms with van der Waals surface area (Å²) in [6.07, 6.45) is 2.48. The maximum atomic E-state index is 12.7. The molecule has 122 valence electrons. The fraction of sp³-hybridized carbons (Fsp3) is 0.941. The summed E-state index contributed by atoms with van der Waals surface area (Å²) >= 11 is 0. The van der Waals surface area contributed by atoms with E-state index in [-0.39, 0.29) is 6.03 Å². The van der Waals surface area contributed by atoms with Crippen LogP contribution in [0, 0.1) is 11.8 Å². The molecule has 2 amide bonds. The molecular weight excluding hydrogens is 262 g/mol. The van der Waals surface area contributed by atoms with Gasteiger partial charge in [0, 0.05) is 19.1 Å². The molecule has 0 aromatic heterocycles. The Morgan fingerprint density at radius 2 is 1.76 bits per heavy atom. The molecule has 21 heavy (non-hydrogen) atoms. The Hall–Kier alpha value is -0.770. The number of urea groups is 1. The highest BCUT2D eigenvalue weighted by Crippen LogP contribution is 2.27. The van der Waals surface area contributed by atoms with E-state index in [0.29, 0.717) is 23.9 Å². The van der Waals surface area contributed by atoms with Gasteiger partial charge in [0.25, 0.3) is 0 Å².